The van der Waals surface area contributed by atoms with Gasteiger partial charge in [0.05, 0.1) is 0 Å². The summed E-state index contributed by atoms with van der Waals surface area (Å²) in [6.07, 6.45) is 1.79. The number of carbonyl (C=O) groups is 2. The molecular formula is C25H26N2O2. The topological polar surface area (TPSA) is 53.2 Å². The molecule has 1 aliphatic rings. The number of rotatable bonds is 4. The van der Waals surface area contributed by atoms with E-state index in [0.717, 1.165) is 29.8 Å². The van der Waals surface area contributed by atoms with Crippen LogP contribution in [0.5, 0.6) is 0 Å². The Bertz CT molecular complexity index is 1030. The first-order valence-corrected chi connectivity index (χ1v) is 10.2. The van der Waals surface area contributed by atoms with Crippen LogP contribution in [0.4, 0.5) is 0 Å². The van der Waals surface area contributed by atoms with Crippen LogP contribution < -0.4 is 0 Å². The number of carbonyl (C=O) groups excluding carboxylic acids is 2. The summed E-state index contributed by atoms with van der Waals surface area (Å²) in [5.41, 5.74) is 5.65. The molecule has 0 spiro atoms. The average molecular weight is 386 g/mol. The fraction of sp³-hybridized carbons (Fsp3) is 0.280. The fourth-order valence-electron chi connectivity index (χ4n) is 4.17. The number of Topliss-reactive ketones (excluding diaryl/α,β-unsaturated/α-hetero) is 1. The minimum atomic E-state index is -0.421. The number of ketones is 1. The highest BCUT2D eigenvalue weighted by atomic mass is 16.2. The first-order valence-electron chi connectivity index (χ1n) is 10.2. The first kappa shape index (κ1) is 19.2. The van der Waals surface area contributed by atoms with E-state index in [2.05, 4.69) is 36.2 Å². The number of hydrogen-bond acceptors (Lipinski definition) is 2. The number of piperidine rings is 1. The number of nitrogens with one attached hydrogen (secondary N) is 1. The number of amides is 1. The van der Waals surface area contributed by atoms with E-state index in [1.165, 1.54) is 11.1 Å². The number of aromatic amines is 1. The van der Waals surface area contributed by atoms with Crippen molar-refractivity contribution in [2.24, 2.45) is 0 Å². The molecule has 3 aromatic rings. The van der Waals surface area contributed by atoms with Gasteiger partial charge in [0.25, 0.3) is 11.7 Å². The van der Waals surface area contributed by atoms with E-state index in [4.69, 9.17) is 0 Å². The van der Waals surface area contributed by atoms with Gasteiger partial charge in [0.2, 0.25) is 0 Å². The van der Waals surface area contributed by atoms with Crippen molar-refractivity contribution in [1.82, 2.24) is 9.88 Å². The van der Waals surface area contributed by atoms with Gasteiger partial charge < -0.3 is 9.88 Å². The molecule has 1 amide bonds. The lowest BCUT2D eigenvalue weighted by Gasteiger charge is -2.32. The predicted molar refractivity (Wildman–Crippen MR) is 115 cm³/mol. The molecule has 1 aliphatic heterocycles. The van der Waals surface area contributed by atoms with Crippen LogP contribution in [0.15, 0.2) is 60.7 Å². The SMILES string of the molecule is Cc1cccc(C2CCN(C(=O)C(=O)c3cc(-c4ccccc4)[nH]c3C)CC2)c1. The minimum Gasteiger partial charge on any atom is -0.358 e. The van der Waals surface area contributed by atoms with Crippen molar-refractivity contribution in [2.45, 2.75) is 32.6 Å². The molecule has 0 atom stereocenters. The molecule has 1 fully saturated rings. The number of likely N-dealkylation sites (tertiary alicyclic amines) is 1. The van der Waals surface area contributed by atoms with Crippen LogP contribution in [0.25, 0.3) is 11.3 Å². The van der Waals surface area contributed by atoms with E-state index in [1.807, 2.05) is 37.3 Å². The molecule has 2 aromatic carbocycles. The third-order valence-electron chi connectivity index (χ3n) is 5.83. The number of H-pyrrole nitrogens is 1. The molecule has 4 nitrogen and oxygen atoms in total. The summed E-state index contributed by atoms with van der Waals surface area (Å²) < 4.78 is 0. The molecule has 4 rings (SSSR count). The Kier molecular flexibility index (Phi) is 5.34. The molecule has 0 aliphatic carbocycles. The maximum absolute atomic E-state index is 12.9. The second-order valence-electron chi connectivity index (χ2n) is 7.90. The van der Waals surface area contributed by atoms with Gasteiger partial charge in [-0.25, -0.2) is 0 Å². The summed E-state index contributed by atoms with van der Waals surface area (Å²) in [5.74, 6) is -0.364. The van der Waals surface area contributed by atoms with Gasteiger partial charge in [-0.3, -0.25) is 9.59 Å². The molecule has 0 bridgehead atoms. The standard InChI is InChI=1S/C25H26N2O2/c1-17-7-6-10-21(15-17)19-11-13-27(14-12-19)25(29)24(28)22-16-23(26-18(22)2)20-8-4-3-5-9-20/h3-10,15-16,19,26H,11-14H2,1-2H3. The first-order chi connectivity index (χ1) is 14.0. The predicted octanol–water partition coefficient (Wildman–Crippen LogP) is 4.89. The molecule has 1 saturated heterocycles. The van der Waals surface area contributed by atoms with E-state index >= 15 is 0 Å². The molecule has 0 saturated carbocycles. The van der Waals surface area contributed by atoms with Crippen LogP contribution >= 0.6 is 0 Å². The monoisotopic (exact) mass is 386 g/mol. The molecule has 2 heterocycles. The van der Waals surface area contributed by atoms with E-state index < -0.39 is 11.7 Å². The summed E-state index contributed by atoms with van der Waals surface area (Å²) in [7, 11) is 0. The lowest BCUT2D eigenvalue weighted by atomic mass is 9.88. The van der Waals surface area contributed by atoms with Gasteiger partial charge in [0.1, 0.15) is 0 Å². The minimum absolute atomic E-state index is 0.394. The van der Waals surface area contributed by atoms with Crippen molar-refractivity contribution in [2.75, 3.05) is 13.1 Å². The molecule has 0 radical (unpaired) electrons. The van der Waals surface area contributed by atoms with Crippen LogP contribution in [0.3, 0.4) is 0 Å². The summed E-state index contributed by atoms with van der Waals surface area (Å²) in [4.78, 5) is 30.7. The maximum atomic E-state index is 12.9. The van der Waals surface area contributed by atoms with E-state index in [9.17, 15) is 9.59 Å². The van der Waals surface area contributed by atoms with E-state index in [-0.39, 0.29) is 0 Å². The van der Waals surface area contributed by atoms with E-state index in [1.54, 1.807) is 11.0 Å². The number of aromatic nitrogens is 1. The maximum Gasteiger partial charge on any atom is 0.295 e. The molecule has 0 unspecified atom stereocenters. The molecule has 29 heavy (non-hydrogen) atoms. The Morgan fingerprint density at radius 2 is 1.66 bits per heavy atom. The van der Waals surface area contributed by atoms with Crippen LogP contribution in [0.1, 0.15) is 45.9 Å². The highest BCUT2D eigenvalue weighted by Crippen LogP contribution is 2.29. The zero-order valence-corrected chi connectivity index (χ0v) is 16.9. The van der Waals surface area contributed by atoms with Crippen LogP contribution in [0.2, 0.25) is 0 Å². The Balaban J connectivity index is 1.44. The zero-order valence-electron chi connectivity index (χ0n) is 16.9. The Morgan fingerprint density at radius 3 is 2.34 bits per heavy atom. The Hall–Kier alpha value is -3.14. The van der Waals surface area contributed by atoms with Gasteiger partial charge in [-0.2, -0.15) is 0 Å². The van der Waals surface area contributed by atoms with Crippen LogP contribution in [-0.4, -0.2) is 34.7 Å². The van der Waals surface area contributed by atoms with Crippen LogP contribution in [-0.2, 0) is 4.79 Å². The largest absolute Gasteiger partial charge is 0.358 e. The van der Waals surface area contributed by atoms with Crippen molar-refractivity contribution >= 4 is 11.7 Å². The highest BCUT2D eigenvalue weighted by molar-refractivity contribution is 6.43. The van der Waals surface area contributed by atoms with Gasteiger partial charge in [-0.15, -0.1) is 0 Å². The summed E-state index contributed by atoms with van der Waals surface area (Å²) in [6, 6.07) is 20.2. The third kappa shape index (κ3) is 4.02. The summed E-state index contributed by atoms with van der Waals surface area (Å²) in [5, 5.41) is 0. The average Bonchev–Trinajstić information content (AvgIpc) is 3.15. The van der Waals surface area contributed by atoms with Gasteiger partial charge in [-0.1, -0.05) is 60.2 Å². The molecule has 4 heteroatoms. The summed E-state index contributed by atoms with van der Waals surface area (Å²) in [6.45, 7) is 5.19. The zero-order chi connectivity index (χ0) is 20.4. The Labute approximate surface area is 171 Å². The summed E-state index contributed by atoms with van der Waals surface area (Å²) >= 11 is 0. The molecule has 1 aromatic heterocycles. The van der Waals surface area contributed by atoms with Crippen molar-refractivity contribution in [3.63, 3.8) is 0 Å². The highest BCUT2D eigenvalue weighted by Gasteiger charge is 2.29. The second-order valence-corrected chi connectivity index (χ2v) is 7.90. The smallest absolute Gasteiger partial charge is 0.295 e. The van der Waals surface area contributed by atoms with E-state index in [0.29, 0.717) is 24.6 Å². The lowest BCUT2D eigenvalue weighted by Crippen LogP contribution is -2.41. The van der Waals surface area contributed by atoms with Crippen molar-refractivity contribution in [3.05, 3.63) is 83.0 Å². The quantitative estimate of drug-likeness (QED) is 0.513. The number of aryl methyl sites for hydroxylation is 2. The van der Waals surface area contributed by atoms with Crippen molar-refractivity contribution in [1.29, 1.82) is 0 Å². The molecule has 148 valence electrons. The lowest BCUT2D eigenvalue weighted by molar-refractivity contribution is -0.127. The third-order valence-corrected chi connectivity index (χ3v) is 5.83. The van der Waals surface area contributed by atoms with Gasteiger partial charge in [-0.05, 0) is 49.8 Å². The molecule has 1 N–H and O–H groups in total. The molecular weight excluding hydrogens is 360 g/mol. The number of nitrogens with zero attached hydrogens (tertiary/aromatic N) is 1. The fourth-order valence-corrected chi connectivity index (χ4v) is 4.17. The normalized spacial score (nSPS) is 14.8. The van der Waals surface area contributed by atoms with Gasteiger partial charge in [0.15, 0.2) is 0 Å². The van der Waals surface area contributed by atoms with Gasteiger partial charge >= 0.3 is 0 Å². The van der Waals surface area contributed by atoms with Gasteiger partial charge in [0, 0.05) is 30.0 Å². The van der Waals surface area contributed by atoms with Crippen molar-refractivity contribution < 1.29 is 9.59 Å². The Morgan fingerprint density at radius 1 is 0.931 bits per heavy atom. The van der Waals surface area contributed by atoms with Crippen molar-refractivity contribution in [3.8, 4) is 11.3 Å². The number of hydrogen-bond donors (Lipinski definition) is 1. The second kappa shape index (κ2) is 8.08. The van der Waals surface area contributed by atoms with Crippen LogP contribution in [0, 0.1) is 13.8 Å². The number of benzene rings is 2.